The number of aldehydes is 1. The fourth-order valence-electron chi connectivity index (χ4n) is 2.69. The second-order valence-electron chi connectivity index (χ2n) is 7.34. The van der Waals surface area contributed by atoms with E-state index in [1.165, 1.54) is 0 Å². The van der Waals surface area contributed by atoms with Gasteiger partial charge in [0, 0.05) is 12.3 Å². The number of phosphoric ester groups is 1. The average Bonchev–Trinajstić information content (AvgIpc) is 3.08. The molecule has 1 aromatic heterocycles. The lowest BCUT2D eigenvalue weighted by Gasteiger charge is -2.23. The summed E-state index contributed by atoms with van der Waals surface area (Å²) in [6.45, 7) is -1.61. The molecule has 1 saturated heterocycles. The van der Waals surface area contributed by atoms with Crippen molar-refractivity contribution in [2.24, 2.45) is 5.73 Å². The molecular weight excluding hydrogens is 556 g/mol. The standard InChI is InChI=1S/C9H14N2O12P2.C6H13NO5/c12-5-1-2-11(9(15)10-5)8-7(14)6(13)4(22-8)3-21-25(19,20)23-24(16,17)18;7-3(1-8)5(11)6(12)4(10)2-9/h1-2,4,6-8,13-14H,3H2,(H,19,20)(H,10,12,15)(H2,16,17,18);1,3-6,9-12H,2,7H2/t4-,6-,7-,8-;3-,4+,5+,6-/m10/s1. The van der Waals surface area contributed by atoms with Gasteiger partial charge in [-0.3, -0.25) is 18.9 Å². The normalized spacial score (nSPS) is 26.8. The van der Waals surface area contributed by atoms with Crippen LogP contribution in [0.4, 0.5) is 0 Å². The fraction of sp³-hybridized carbons (Fsp3) is 0.667. The Hall–Kier alpha value is -1.71. The van der Waals surface area contributed by atoms with E-state index >= 15 is 0 Å². The van der Waals surface area contributed by atoms with E-state index in [1.54, 1.807) is 0 Å². The summed E-state index contributed by atoms with van der Waals surface area (Å²) < 4.78 is 35.6. The first-order chi connectivity index (χ1) is 16.9. The molecule has 0 aliphatic carbocycles. The summed E-state index contributed by atoms with van der Waals surface area (Å²) in [5.74, 6) is 0. The number of aliphatic hydroxyl groups is 6. The molecule has 0 bridgehead atoms. The van der Waals surface area contributed by atoms with Gasteiger partial charge in [0.1, 0.15) is 42.9 Å². The number of aromatic amines is 1. The number of ether oxygens (including phenoxy) is 1. The van der Waals surface area contributed by atoms with E-state index in [-0.39, 0.29) is 6.29 Å². The fourth-order valence-corrected chi connectivity index (χ4v) is 4.29. The monoisotopic (exact) mass is 583 g/mol. The molecule has 22 heteroatoms. The highest BCUT2D eigenvalue weighted by atomic mass is 31.3. The van der Waals surface area contributed by atoms with Crippen molar-refractivity contribution in [3.8, 4) is 0 Å². The van der Waals surface area contributed by atoms with E-state index < -0.39 is 89.0 Å². The highest BCUT2D eigenvalue weighted by molar-refractivity contribution is 7.60. The molecule has 0 spiro atoms. The molecule has 9 atom stereocenters. The Morgan fingerprint density at radius 1 is 1.14 bits per heavy atom. The number of nitrogens with zero attached hydrogens (tertiary/aromatic N) is 1. The van der Waals surface area contributed by atoms with Crippen LogP contribution in [0.15, 0.2) is 21.9 Å². The number of carbonyl (C=O) groups is 1. The molecular formula is C15H27N3O17P2. The average molecular weight is 583 g/mol. The lowest BCUT2D eigenvalue weighted by atomic mass is 10.0. The molecule has 2 rings (SSSR count). The number of hydrogen-bond donors (Lipinski definition) is 11. The number of hydrogen-bond acceptors (Lipinski definition) is 15. The van der Waals surface area contributed by atoms with Gasteiger partial charge in [-0.25, -0.2) is 13.9 Å². The zero-order valence-electron chi connectivity index (χ0n) is 18.5. The molecule has 1 unspecified atom stereocenters. The van der Waals surface area contributed by atoms with Crippen molar-refractivity contribution in [1.29, 1.82) is 0 Å². The minimum absolute atomic E-state index is 0.248. The van der Waals surface area contributed by atoms with Crippen LogP contribution in [0.1, 0.15) is 6.23 Å². The summed E-state index contributed by atoms with van der Waals surface area (Å²) in [7, 11) is -10.5. The van der Waals surface area contributed by atoms with Crippen molar-refractivity contribution in [1.82, 2.24) is 9.55 Å². The molecule has 0 saturated carbocycles. The number of aliphatic hydroxyl groups excluding tert-OH is 6. The summed E-state index contributed by atoms with van der Waals surface area (Å²) in [6.07, 6.45) is -9.67. The molecule has 214 valence electrons. The van der Waals surface area contributed by atoms with Gasteiger partial charge >= 0.3 is 21.3 Å². The van der Waals surface area contributed by atoms with Crippen LogP contribution < -0.4 is 17.0 Å². The minimum Gasteiger partial charge on any atom is -0.394 e. The van der Waals surface area contributed by atoms with Crippen LogP contribution in [0, 0.1) is 0 Å². The molecule has 0 aromatic carbocycles. The van der Waals surface area contributed by atoms with Gasteiger partial charge in [-0.1, -0.05) is 0 Å². The number of phosphoric acid groups is 2. The largest absolute Gasteiger partial charge is 0.481 e. The second-order valence-corrected chi connectivity index (χ2v) is 10.2. The van der Waals surface area contributed by atoms with Crippen molar-refractivity contribution in [3.63, 3.8) is 0 Å². The Kier molecular flexibility index (Phi) is 12.5. The van der Waals surface area contributed by atoms with Crippen LogP contribution >= 0.6 is 15.6 Å². The SMILES string of the molecule is N[C@@H](C=O)[C@@H](O)[C@@H](O)[C@H](O)CO.O=c1ccn([C@@H]2O[C@H](COP(=O)(O)OP(=O)(O)O)[C@@H](O)[C@H]2O)c(=O)[nH]1. The highest BCUT2D eigenvalue weighted by Crippen LogP contribution is 2.57. The molecule has 2 heterocycles. The number of nitrogens with one attached hydrogen (secondary N) is 1. The van der Waals surface area contributed by atoms with E-state index in [4.69, 9.17) is 45.6 Å². The van der Waals surface area contributed by atoms with Crippen molar-refractivity contribution < 1.29 is 72.8 Å². The summed E-state index contributed by atoms with van der Waals surface area (Å²) in [5.41, 5.74) is 3.39. The first-order valence-electron chi connectivity index (χ1n) is 9.87. The number of rotatable bonds is 11. The molecule has 20 nitrogen and oxygen atoms in total. The molecule has 0 amide bonds. The summed E-state index contributed by atoms with van der Waals surface area (Å²) in [6, 6.07) is -0.301. The van der Waals surface area contributed by atoms with Gasteiger partial charge in [0.15, 0.2) is 6.23 Å². The van der Waals surface area contributed by atoms with Gasteiger partial charge in [-0.05, 0) is 0 Å². The van der Waals surface area contributed by atoms with Gasteiger partial charge in [0.25, 0.3) is 5.56 Å². The first-order valence-corrected chi connectivity index (χ1v) is 12.9. The summed E-state index contributed by atoms with van der Waals surface area (Å²) in [4.78, 5) is 60.7. The highest BCUT2D eigenvalue weighted by Gasteiger charge is 2.45. The Bertz CT molecular complexity index is 1090. The molecule has 37 heavy (non-hydrogen) atoms. The van der Waals surface area contributed by atoms with E-state index in [9.17, 15) is 33.7 Å². The third kappa shape index (κ3) is 10.2. The predicted octanol–water partition coefficient (Wildman–Crippen LogP) is -6.03. The Morgan fingerprint density at radius 2 is 1.73 bits per heavy atom. The minimum atomic E-state index is -5.32. The third-order valence-corrected chi connectivity index (χ3v) is 6.71. The maximum absolute atomic E-state index is 11.7. The first kappa shape index (κ1) is 33.3. The lowest BCUT2D eigenvalue weighted by molar-refractivity contribution is -0.118. The third-order valence-electron chi connectivity index (χ3n) is 4.56. The number of H-pyrrole nitrogens is 1. The zero-order chi connectivity index (χ0) is 28.7. The topological polar surface area (TPSA) is 342 Å². The van der Waals surface area contributed by atoms with E-state index in [2.05, 4.69) is 8.83 Å². The quantitative estimate of drug-likeness (QED) is 0.0852. The Balaban J connectivity index is 0.000000482. The van der Waals surface area contributed by atoms with Gasteiger partial charge in [0.2, 0.25) is 0 Å². The summed E-state index contributed by atoms with van der Waals surface area (Å²) in [5, 5.41) is 54.9. The van der Waals surface area contributed by atoms with E-state index in [1.807, 2.05) is 4.98 Å². The van der Waals surface area contributed by atoms with Crippen LogP contribution in [-0.2, 0) is 27.5 Å². The smallest absolute Gasteiger partial charge is 0.394 e. The van der Waals surface area contributed by atoms with Crippen LogP contribution in [0.25, 0.3) is 0 Å². The maximum Gasteiger partial charge on any atom is 0.481 e. The Labute approximate surface area is 206 Å². The van der Waals surface area contributed by atoms with Crippen LogP contribution in [0.5, 0.6) is 0 Å². The van der Waals surface area contributed by atoms with Gasteiger partial charge in [-0.15, -0.1) is 0 Å². The van der Waals surface area contributed by atoms with Gasteiger partial charge in [0.05, 0.1) is 19.3 Å². The van der Waals surface area contributed by atoms with Crippen molar-refractivity contribution >= 4 is 21.9 Å². The van der Waals surface area contributed by atoms with E-state index in [0.717, 1.165) is 16.8 Å². The molecule has 1 aromatic rings. The molecule has 1 aliphatic rings. The van der Waals surface area contributed by atoms with Gasteiger partial charge in [-0.2, -0.15) is 4.31 Å². The van der Waals surface area contributed by atoms with Crippen molar-refractivity contribution in [3.05, 3.63) is 33.1 Å². The maximum atomic E-state index is 11.7. The zero-order valence-corrected chi connectivity index (χ0v) is 20.3. The summed E-state index contributed by atoms with van der Waals surface area (Å²) >= 11 is 0. The van der Waals surface area contributed by atoms with Crippen LogP contribution in [0.2, 0.25) is 0 Å². The van der Waals surface area contributed by atoms with Gasteiger partial charge < -0.3 is 60.6 Å². The molecule has 0 radical (unpaired) electrons. The molecule has 1 aliphatic heterocycles. The van der Waals surface area contributed by atoms with Crippen molar-refractivity contribution in [2.75, 3.05) is 13.2 Å². The Morgan fingerprint density at radius 3 is 2.22 bits per heavy atom. The van der Waals surface area contributed by atoms with E-state index in [0.29, 0.717) is 0 Å². The van der Waals surface area contributed by atoms with Crippen LogP contribution in [0.3, 0.4) is 0 Å². The number of aromatic nitrogens is 2. The second kappa shape index (κ2) is 13.9. The number of carbonyl (C=O) groups excluding carboxylic acids is 1. The molecule has 12 N–H and O–H groups in total. The predicted molar refractivity (Wildman–Crippen MR) is 115 cm³/mol. The number of nitrogens with two attached hydrogens (primary N) is 1. The molecule has 1 fully saturated rings. The lowest BCUT2D eigenvalue weighted by Crippen LogP contribution is -2.49. The van der Waals surface area contributed by atoms with Crippen molar-refractivity contribution in [2.45, 2.75) is 48.9 Å². The van der Waals surface area contributed by atoms with Crippen LogP contribution in [-0.4, -0.2) is 117 Å².